The van der Waals surface area contributed by atoms with Gasteiger partial charge in [0.25, 0.3) is 0 Å². The lowest BCUT2D eigenvalue weighted by Gasteiger charge is -2.43. The summed E-state index contributed by atoms with van der Waals surface area (Å²) in [5, 5.41) is 7.02. The second-order valence-electron chi connectivity index (χ2n) is 10.3. The van der Waals surface area contributed by atoms with Gasteiger partial charge in [0.1, 0.15) is 11.9 Å². The van der Waals surface area contributed by atoms with Crippen LogP contribution in [-0.2, 0) is 17.6 Å². The van der Waals surface area contributed by atoms with E-state index in [2.05, 4.69) is 68.4 Å². The quantitative estimate of drug-likeness (QED) is 0.488. The van der Waals surface area contributed by atoms with Crippen molar-refractivity contribution < 1.29 is 15.7 Å². The first kappa shape index (κ1) is 26.0. The number of rotatable bonds is 8. The Morgan fingerprint density at radius 3 is 2.58 bits per heavy atom. The summed E-state index contributed by atoms with van der Waals surface area (Å²) in [6, 6.07) is 16.6. The minimum absolute atomic E-state index is 0. The van der Waals surface area contributed by atoms with Gasteiger partial charge in [0.15, 0.2) is 17.3 Å². The lowest BCUT2D eigenvalue weighted by molar-refractivity contribution is -0.133. The molecule has 2 aromatic carbocycles. The number of piperidine rings is 1. The summed E-state index contributed by atoms with van der Waals surface area (Å²) in [6.45, 7) is 6.03. The number of methoxy groups -OCH3 is 1. The van der Waals surface area contributed by atoms with Gasteiger partial charge in [-0.05, 0) is 50.9 Å². The summed E-state index contributed by atoms with van der Waals surface area (Å²) in [5.41, 5.74) is 2.30. The fraction of sp³-hybridized carbons (Fsp3) is 0.483. The van der Waals surface area contributed by atoms with E-state index in [0.29, 0.717) is 12.4 Å². The molecule has 1 atom stereocenters. The maximum Gasteiger partial charge on any atom is 0.230 e. The minimum atomic E-state index is 0. The van der Waals surface area contributed by atoms with Crippen molar-refractivity contribution in [3.8, 4) is 11.5 Å². The molecule has 1 aromatic heterocycles. The second-order valence-corrected chi connectivity index (χ2v) is 10.3. The fourth-order valence-corrected chi connectivity index (χ4v) is 5.42. The molecule has 9 nitrogen and oxygen atoms in total. The lowest BCUT2D eigenvalue weighted by Crippen LogP contribution is -2.56. The third kappa shape index (κ3) is 6.27. The van der Waals surface area contributed by atoms with Crippen LogP contribution in [0.5, 0.6) is 11.5 Å². The van der Waals surface area contributed by atoms with E-state index in [1.54, 1.807) is 7.11 Å². The third-order valence-corrected chi connectivity index (χ3v) is 7.54. The van der Waals surface area contributed by atoms with Gasteiger partial charge in [-0.3, -0.25) is 9.89 Å². The van der Waals surface area contributed by atoms with Crippen LogP contribution in [0.4, 0.5) is 5.69 Å². The number of H-pyrrole nitrogens is 1. The number of nitrogens with one attached hydrogen (secondary N) is 1. The molecule has 0 bridgehead atoms. The summed E-state index contributed by atoms with van der Waals surface area (Å²) in [5.74, 6) is 2.86. The van der Waals surface area contributed by atoms with Crippen LogP contribution in [0.3, 0.4) is 0 Å². The maximum atomic E-state index is 13.4. The number of aromatic amines is 1. The zero-order valence-corrected chi connectivity index (χ0v) is 22.6. The number of carbonyl (C=O) groups excluding carboxylic acids is 1. The van der Waals surface area contributed by atoms with Crippen molar-refractivity contribution in [2.45, 2.75) is 44.8 Å². The number of likely N-dealkylation sites (tertiary alicyclic amines) is 1. The second kappa shape index (κ2) is 11.9. The summed E-state index contributed by atoms with van der Waals surface area (Å²) >= 11 is 0. The van der Waals surface area contributed by atoms with Gasteiger partial charge in [0.05, 0.1) is 19.6 Å². The van der Waals surface area contributed by atoms with Crippen molar-refractivity contribution in [3.05, 3.63) is 65.7 Å². The molecule has 2 saturated heterocycles. The SMILES string of the molecule is COc1ccc(N2CCN(C(=O)Cc3n[nH]c(C)n3)[C@@H](Cc3ccccc3)C2)cc1OC1CCN(C)CC1.[HH]. The van der Waals surface area contributed by atoms with Gasteiger partial charge >= 0.3 is 0 Å². The minimum Gasteiger partial charge on any atom is -0.493 e. The highest BCUT2D eigenvalue weighted by molar-refractivity contribution is 5.78. The van der Waals surface area contributed by atoms with Crippen LogP contribution < -0.4 is 14.4 Å². The predicted octanol–water partition coefficient (Wildman–Crippen LogP) is 3.34. The number of benzene rings is 2. The molecule has 2 aliphatic rings. The Morgan fingerprint density at radius 2 is 1.87 bits per heavy atom. The highest BCUT2D eigenvalue weighted by Crippen LogP contribution is 2.35. The van der Waals surface area contributed by atoms with Gasteiger partial charge in [-0.1, -0.05) is 30.3 Å². The zero-order valence-electron chi connectivity index (χ0n) is 22.6. The Bertz CT molecular complexity index is 1210. The molecule has 38 heavy (non-hydrogen) atoms. The van der Waals surface area contributed by atoms with E-state index in [1.165, 1.54) is 5.56 Å². The molecular weight excluding hydrogens is 480 g/mol. The number of hydrogen-bond donors (Lipinski definition) is 1. The largest absolute Gasteiger partial charge is 0.493 e. The molecule has 3 aromatic rings. The van der Waals surface area contributed by atoms with Crippen molar-refractivity contribution in [1.82, 2.24) is 25.0 Å². The molecule has 1 N–H and O–H groups in total. The molecule has 1 amide bonds. The number of hydrogen-bond acceptors (Lipinski definition) is 7. The number of aromatic nitrogens is 3. The summed E-state index contributed by atoms with van der Waals surface area (Å²) in [4.78, 5) is 24.4. The van der Waals surface area contributed by atoms with E-state index < -0.39 is 0 Å². The zero-order chi connectivity index (χ0) is 26.5. The van der Waals surface area contributed by atoms with Gasteiger partial charge in [-0.15, -0.1) is 0 Å². The van der Waals surface area contributed by atoms with Gasteiger partial charge in [0, 0.05) is 45.9 Å². The number of nitrogens with zero attached hydrogens (tertiary/aromatic N) is 5. The summed E-state index contributed by atoms with van der Waals surface area (Å²) < 4.78 is 12.1. The highest BCUT2D eigenvalue weighted by atomic mass is 16.5. The molecule has 0 spiro atoms. The van der Waals surface area contributed by atoms with Crippen molar-refractivity contribution in [3.63, 3.8) is 0 Å². The first-order valence-electron chi connectivity index (χ1n) is 13.5. The van der Waals surface area contributed by atoms with E-state index >= 15 is 0 Å². The van der Waals surface area contributed by atoms with E-state index in [4.69, 9.17) is 9.47 Å². The molecule has 0 unspecified atom stereocenters. The number of aryl methyl sites for hydroxylation is 1. The van der Waals surface area contributed by atoms with E-state index in [0.717, 1.165) is 68.5 Å². The van der Waals surface area contributed by atoms with Gasteiger partial charge in [0.2, 0.25) is 5.91 Å². The van der Waals surface area contributed by atoms with Crippen LogP contribution in [0.1, 0.15) is 31.5 Å². The summed E-state index contributed by atoms with van der Waals surface area (Å²) in [6.07, 6.45) is 3.19. The lowest BCUT2D eigenvalue weighted by atomic mass is 10.0. The smallest absolute Gasteiger partial charge is 0.230 e. The normalized spacial score (nSPS) is 19.0. The summed E-state index contributed by atoms with van der Waals surface area (Å²) in [7, 11) is 3.84. The molecule has 0 radical (unpaired) electrons. The Kier molecular flexibility index (Phi) is 8.12. The highest BCUT2D eigenvalue weighted by Gasteiger charge is 2.32. The monoisotopic (exact) mass is 520 g/mol. The predicted molar refractivity (Wildman–Crippen MR) is 149 cm³/mol. The van der Waals surface area contributed by atoms with Crippen LogP contribution in [0.25, 0.3) is 0 Å². The number of anilines is 1. The van der Waals surface area contributed by atoms with E-state index in [9.17, 15) is 4.79 Å². The standard InChI is InChI=1S/C29H38N6O3.H2/c1-21-30-28(32-31-21)19-29(36)35-16-15-34(20-24(35)17-22-7-5-4-6-8-22)23-9-10-26(37-3)27(18-23)38-25-11-13-33(2)14-12-25;/h4-10,18,24-25H,11-17,19-20H2,1-3H3,(H,30,31,32);1H/t24-;/m0./s1. The van der Waals surface area contributed by atoms with Crippen LogP contribution in [-0.4, -0.2) is 89.9 Å². The molecule has 3 heterocycles. The molecular formula is C29H40N6O3. The van der Waals surface area contributed by atoms with Gasteiger partial charge < -0.3 is 24.2 Å². The van der Waals surface area contributed by atoms with E-state index in [1.807, 2.05) is 24.0 Å². The average Bonchev–Trinajstić information content (AvgIpc) is 3.34. The number of amides is 1. The van der Waals surface area contributed by atoms with Gasteiger partial charge in [-0.25, -0.2) is 4.98 Å². The third-order valence-electron chi connectivity index (χ3n) is 7.54. The van der Waals surface area contributed by atoms with Crippen molar-refractivity contribution in [1.29, 1.82) is 0 Å². The molecule has 2 fully saturated rings. The molecule has 0 saturated carbocycles. The Hall–Kier alpha value is -3.59. The Labute approximate surface area is 226 Å². The van der Waals surface area contributed by atoms with Crippen LogP contribution in [0.2, 0.25) is 0 Å². The molecule has 0 aliphatic carbocycles. The van der Waals surface area contributed by atoms with Crippen LogP contribution in [0, 0.1) is 6.92 Å². The van der Waals surface area contributed by atoms with Crippen LogP contribution in [0.15, 0.2) is 48.5 Å². The maximum absolute atomic E-state index is 13.4. The molecule has 5 rings (SSSR count). The topological polar surface area (TPSA) is 86.8 Å². The molecule has 9 heteroatoms. The van der Waals surface area contributed by atoms with Crippen LogP contribution >= 0.6 is 0 Å². The van der Waals surface area contributed by atoms with Gasteiger partial charge in [-0.2, -0.15) is 5.10 Å². The number of piperazine rings is 1. The molecule has 204 valence electrons. The van der Waals surface area contributed by atoms with E-state index in [-0.39, 0.29) is 25.9 Å². The average molecular weight is 521 g/mol. The Morgan fingerprint density at radius 1 is 1.08 bits per heavy atom. The van der Waals surface area contributed by atoms with Crippen molar-refractivity contribution in [2.75, 3.05) is 51.8 Å². The fourth-order valence-electron chi connectivity index (χ4n) is 5.42. The van der Waals surface area contributed by atoms with Crippen molar-refractivity contribution in [2.24, 2.45) is 0 Å². The first-order chi connectivity index (χ1) is 18.5. The number of ether oxygens (including phenoxy) is 2. The van der Waals surface area contributed by atoms with Crippen molar-refractivity contribution >= 4 is 11.6 Å². The molecule has 2 aliphatic heterocycles. The first-order valence-corrected chi connectivity index (χ1v) is 13.5. The Balaban J connectivity index is 0.00000353. The number of carbonyl (C=O) groups is 1.